The van der Waals surface area contributed by atoms with E-state index in [9.17, 15) is 8.42 Å². The first-order valence-corrected chi connectivity index (χ1v) is 6.91. The third-order valence-corrected chi connectivity index (χ3v) is 4.15. The largest absolute Gasteiger partial charge is 0.367 e. The molecule has 0 radical (unpaired) electrons. The first-order chi connectivity index (χ1) is 7.03. The van der Waals surface area contributed by atoms with Crippen molar-refractivity contribution >= 4 is 9.84 Å². The molecule has 15 heavy (non-hydrogen) atoms. The monoisotopic (exact) mass is 230 g/mol. The fourth-order valence-corrected chi connectivity index (χ4v) is 2.43. The van der Waals surface area contributed by atoms with E-state index >= 15 is 0 Å². The Balaban J connectivity index is 2.34. The van der Waals surface area contributed by atoms with Gasteiger partial charge in [-0.2, -0.15) is 0 Å². The second-order valence-electron chi connectivity index (χ2n) is 3.70. The third-order valence-electron chi connectivity index (χ3n) is 2.26. The average Bonchev–Trinajstić information content (AvgIpc) is 2.66. The molecule has 1 unspecified atom stereocenters. The second kappa shape index (κ2) is 5.32. The van der Waals surface area contributed by atoms with Crippen molar-refractivity contribution in [3.63, 3.8) is 0 Å². The summed E-state index contributed by atoms with van der Waals surface area (Å²) in [6, 6.07) is 1.96. The molecule has 86 valence electrons. The van der Waals surface area contributed by atoms with Gasteiger partial charge in [0.05, 0.1) is 5.75 Å². The van der Waals surface area contributed by atoms with Crippen molar-refractivity contribution in [1.29, 1.82) is 0 Å². The van der Waals surface area contributed by atoms with Gasteiger partial charge in [-0.25, -0.2) is 8.42 Å². The van der Waals surface area contributed by atoms with Crippen LogP contribution >= 0.6 is 0 Å². The van der Waals surface area contributed by atoms with Gasteiger partial charge in [-0.05, 0) is 18.6 Å². The zero-order valence-corrected chi connectivity index (χ0v) is 9.97. The number of hydrogen-bond acceptors (Lipinski definition) is 3. The number of sulfone groups is 1. The van der Waals surface area contributed by atoms with Crippen molar-refractivity contribution in [3.05, 3.63) is 24.0 Å². The summed E-state index contributed by atoms with van der Waals surface area (Å²) in [5.74, 6) is 0.414. The fraction of sp³-hybridized carbons (Fsp3) is 0.600. The molecular weight excluding hydrogens is 212 g/mol. The van der Waals surface area contributed by atoms with Crippen LogP contribution in [0.5, 0.6) is 0 Å². The van der Waals surface area contributed by atoms with Crippen molar-refractivity contribution in [1.82, 2.24) is 10.3 Å². The molecule has 5 heteroatoms. The molecule has 0 bridgehead atoms. The molecule has 1 aromatic rings. The molecule has 1 rings (SSSR count). The van der Waals surface area contributed by atoms with Gasteiger partial charge >= 0.3 is 0 Å². The lowest BCUT2D eigenvalue weighted by molar-refractivity contribution is 0.557. The number of nitrogens with one attached hydrogen (secondary N) is 2. The van der Waals surface area contributed by atoms with Crippen molar-refractivity contribution in [2.75, 3.05) is 11.5 Å². The maximum atomic E-state index is 11.3. The van der Waals surface area contributed by atoms with Gasteiger partial charge in [-0.1, -0.05) is 6.92 Å². The Hall–Kier alpha value is -0.810. The lowest BCUT2D eigenvalue weighted by Gasteiger charge is -2.12. The number of hydrogen-bond donors (Lipinski definition) is 2. The lowest BCUT2D eigenvalue weighted by Crippen LogP contribution is -2.33. The minimum Gasteiger partial charge on any atom is -0.367 e. The lowest BCUT2D eigenvalue weighted by atomic mass is 10.3. The van der Waals surface area contributed by atoms with Crippen molar-refractivity contribution in [3.8, 4) is 0 Å². The predicted octanol–water partition coefficient (Wildman–Crippen LogP) is 0.927. The van der Waals surface area contributed by atoms with E-state index in [1.54, 1.807) is 6.92 Å². The van der Waals surface area contributed by atoms with Gasteiger partial charge in [0.15, 0.2) is 9.84 Å². The van der Waals surface area contributed by atoms with Crippen LogP contribution in [-0.2, 0) is 16.4 Å². The summed E-state index contributed by atoms with van der Waals surface area (Å²) in [5.41, 5.74) is 1.13. The summed E-state index contributed by atoms with van der Waals surface area (Å²) in [7, 11) is -2.88. The molecule has 0 aromatic carbocycles. The number of rotatable bonds is 6. The van der Waals surface area contributed by atoms with Crippen LogP contribution in [0.4, 0.5) is 0 Å². The van der Waals surface area contributed by atoms with E-state index in [2.05, 4.69) is 10.3 Å². The SMILES string of the molecule is CCS(=O)(=O)CC(C)NCc1cc[nH]c1. The summed E-state index contributed by atoms with van der Waals surface area (Å²) in [6.45, 7) is 4.26. The molecule has 0 fully saturated rings. The second-order valence-corrected chi connectivity index (χ2v) is 6.10. The molecule has 0 saturated heterocycles. The van der Waals surface area contributed by atoms with Crippen LogP contribution in [0.15, 0.2) is 18.5 Å². The predicted molar refractivity (Wildman–Crippen MR) is 61.4 cm³/mol. The van der Waals surface area contributed by atoms with Crippen LogP contribution < -0.4 is 5.32 Å². The van der Waals surface area contributed by atoms with Gasteiger partial charge < -0.3 is 10.3 Å². The Bertz CT molecular complexity index is 370. The zero-order valence-electron chi connectivity index (χ0n) is 9.16. The van der Waals surface area contributed by atoms with Crippen LogP contribution in [0.2, 0.25) is 0 Å². The number of H-pyrrole nitrogens is 1. The van der Waals surface area contributed by atoms with Gasteiger partial charge in [-0.15, -0.1) is 0 Å². The topological polar surface area (TPSA) is 62.0 Å². The van der Waals surface area contributed by atoms with E-state index in [0.29, 0.717) is 6.54 Å². The summed E-state index contributed by atoms with van der Waals surface area (Å²) in [6.07, 6.45) is 3.75. The van der Waals surface area contributed by atoms with Crippen LogP contribution in [0, 0.1) is 0 Å². The van der Waals surface area contributed by atoms with E-state index < -0.39 is 9.84 Å². The highest BCUT2D eigenvalue weighted by atomic mass is 32.2. The number of aromatic nitrogens is 1. The molecule has 0 amide bonds. The first-order valence-electron chi connectivity index (χ1n) is 5.09. The maximum Gasteiger partial charge on any atom is 0.151 e. The third kappa shape index (κ3) is 4.48. The molecule has 2 N–H and O–H groups in total. The van der Waals surface area contributed by atoms with Crippen molar-refractivity contribution in [2.24, 2.45) is 0 Å². The molecule has 0 saturated carbocycles. The first kappa shape index (κ1) is 12.3. The molecule has 4 nitrogen and oxygen atoms in total. The van der Waals surface area contributed by atoms with Crippen LogP contribution in [0.25, 0.3) is 0 Å². The molecular formula is C10H18N2O2S. The molecule has 1 atom stereocenters. The molecule has 0 aliphatic rings. The molecule has 0 aliphatic heterocycles. The summed E-state index contributed by atoms with van der Waals surface area (Å²) in [5, 5.41) is 3.18. The Morgan fingerprint density at radius 1 is 1.53 bits per heavy atom. The maximum absolute atomic E-state index is 11.3. The van der Waals surface area contributed by atoms with Crippen LogP contribution in [-0.4, -0.2) is 30.9 Å². The van der Waals surface area contributed by atoms with Crippen molar-refractivity contribution < 1.29 is 8.42 Å². The molecule has 1 heterocycles. The average molecular weight is 230 g/mol. The highest BCUT2D eigenvalue weighted by Gasteiger charge is 2.12. The van der Waals surface area contributed by atoms with E-state index in [1.165, 1.54) is 0 Å². The van der Waals surface area contributed by atoms with Crippen molar-refractivity contribution in [2.45, 2.75) is 26.4 Å². The minimum absolute atomic E-state index is 0.00940. The van der Waals surface area contributed by atoms with Crippen LogP contribution in [0.3, 0.4) is 0 Å². The zero-order chi connectivity index (χ0) is 11.3. The van der Waals surface area contributed by atoms with Gasteiger partial charge in [0.25, 0.3) is 0 Å². The Kier molecular flexibility index (Phi) is 4.35. The Labute approximate surface area is 91.0 Å². The molecule has 0 aliphatic carbocycles. The van der Waals surface area contributed by atoms with Gasteiger partial charge in [0.2, 0.25) is 0 Å². The quantitative estimate of drug-likeness (QED) is 0.764. The highest BCUT2D eigenvalue weighted by molar-refractivity contribution is 7.91. The van der Waals surface area contributed by atoms with Gasteiger partial charge in [0.1, 0.15) is 0 Å². The minimum atomic E-state index is -2.88. The molecule has 0 spiro atoms. The van der Waals surface area contributed by atoms with E-state index in [1.807, 2.05) is 25.4 Å². The van der Waals surface area contributed by atoms with Gasteiger partial charge in [-0.3, -0.25) is 0 Å². The fourth-order valence-electron chi connectivity index (χ4n) is 1.32. The molecule has 1 aromatic heterocycles. The normalized spacial score (nSPS) is 14.0. The number of aromatic amines is 1. The van der Waals surface area contributed by atoms with E-state index in [4.69, 9.17) is 0 Å². The van der Waals surface area contributed by atoms with E-state index in [0.717, 1.165) is 5.56 Å². The van der Waals surface area contributed by atoms with Gasteiger partial charge in [0, 0.05) is 30.7 Å². The highest BCUT2D eigenvalue weighted by Crippen LogP contribution is 1.99. The summed E-state index contributed by atoms with van der Waals surface area (Å²) >= 11 is 0. The standard InChI is InChI=1S/C10H18N2O2S/c1-3-15(13,14)8-9(2)12-7-10-4-5-11-6-10/h4-6,9,11-12H,3,7-8H2,1-2H3. The summed E-state index contributed by atoms with van der Waals surface area (Å²) in [4.78, 5) is 2.95. The van der Waals surface area contributed by atoms with Crippen LogP contribution in [0.1, 0.15) is 19.4 Å². The van der Waals surface area contributed by atoms with E-state index in [-0.39, 0.29) is 17.5 Å². The smallest absolute Gasteiger partial charge is 0.151 e. The Morgan fingerprint density at radius 3 is 2.80 bits per heavy atom. The summed E-state index contributed by atoms with van der Waals surface area (Å²) < 4.78 is 22.6. The Morgan fingerprint density at radius 2 is 2.27 bits per heavy atom.